The lowest BCUT2D eigenvalue weighted by Gasteiger charge is -2.09. The molecule has 0 aliphatic rings. The van der Waals surface area contributed by atoms with Crippen LogP contribution in [-0.2, 0) is 4.79 Å². The molecule has 0 aliphatic carbocycles. The van der Waals surface area contributed by atoms with Crippen molar-refractivity contribution in [2.24, 2.45) is 0 Å². The Bertz CT molecular complexity index is 724. The molecule has 0 atom stereocenters. The van der Waals surface area contributed by atoms with Crippen molar-refractivity contribution >= 4 is 11.5 Å². The van der Waals surface area contributed by atoms with E-state index in [0.29, 0.717) is 22.4 Å². The fourth-order valence-electron chi connectivity index (χ4n) is 1.98. The van der Waals surface area contributed by atoms with Crippen LogP contribution in [-0.4, -0.2) is 18.2 Å². The highest BCUT2D eigenvalue weighted by molar-refractivity contribution is 5.95. The van der Waals surface area contributed by atoms with Crippen molar-refractivity contribution < 1.29 is 14.6 Å². The molecule has 21 heavy (non-hydrogen) atoms. The minimum atomic E-state index is -1.04. The predicted octanol–water partition coefficient (Wildman–Crippen LogP) is 3.08. The van der Waals surface area contributed by atoms with Gasteiger partial charge in [0.25, 0.3) is 0 Å². The van der Waals surface area contributed by atoms with Crippen molar-refractivity contribution in [3.63, 3.8) is 0 Å². The van der Waals surface area contributed by atoms with E-state index in [1.54, 1.807) is 55.6 Å². The molecule has 2 aromatic rings. The summed E-state index contributed by atoms with van der Waals surface area (Å²) >= 11 is 0. The van der Waals surface area contributed by atoms with E-state index in [9.17, 15) is 4.79 Å². The lowest BCUT2D eigenvalue weighted by molar-refractivity contribution is -0.131. The molecule has 0 saturated carbocycles. The molecule has 4 nitrogen and oxygen atoms in total. The molecule has 1 N–H and O–H groups in total. The SMILES string of the molecule is COc1ccc(/C(=C\C(=O)O)c2cccc(C#N)c2)cc1. The third kappa shape index (κ3) is 3.48. The van der Waals surface area contributed by atoms with E-state index in [4.69, 9.17) is 15.1 Å². The first-order chi connectivity index (χ1) is 10.1. The summed E-state index contributed by atoms with van der Waals surface area (Å²) in [5.41, 5.74) is 2.45. The van der Waals surface area contributed by atoms with Crippen molar-refractivity contribution in [2.45, 2.75) is 0 Å². The van der Waals surface area contributed by atoms with Gasteiger partial charge in [0, 0.05) is 6.08 Å². The molecule has 0 unspecified atom stereocenters. The number of methoxy groups -OCH3 is 1. The van der Waals surface area contributed by atoms with Crippen LogP contribution in [0.3, 0.4) is 0 Å². The van der Waals surface area contributed by atoms with Crippen molar-refractivity contribution in [3.8, 4) is 11.8 Å². The van der Waals surface area contributed by atoms with E-state index < -0.39 is 5.97 Å². The highest BCUT2D eigenvalue weighted by Gasteiger charge is 2.08. The minimum absolute atomic E-state index is 0.484. The number of hydrogen-bond donors (Lipinski definition) is 1. The fraction of sp³-hybridized carbons (Fsp3) is 0.0588. The predicted molar refractivity (Wildman–Crippen MR) is 78.9 cm³/mol. The molecule has 4 heteroatoms. The van der Waals surface area contributed by atoms with Crippen LogP contribution >= 0.6 is 0 Å². The number of carboxylic acids is 1. The topological polar surface area (TPSA) is 70.3 Å². The Morgan fingerprint density at radius 1 is 1.19 bits per heavy atom. The van der Waals surface area contributed by atoms with Gasteiger partial charge in [-0.1, -0.05) is 24.3 Å². The smallest absolute Gasteiger partial charge is 0.328 e. The molecule has 2 rings (SSSR count). The summed E-state index contributed by atoms with van der Waals surface area (Å²) in [6.45, 7) is 0. The van der Waals surface area contributed by atoms with Gasteiger partial charge in [0.1, 0.15) is 5.75 Å². The van der Waals surface area contributed by atoms with Crippen LogP contribution in [0.25, 0.3) is 5.57 Å². The molecule has 0 spiro atoms. The maximum Gasteiger partial charge on any atom is 0.328 e. The van der Waals surface area contributed by atoms with E-state index in [2.05, 4.69) is 6.07 Å². The molecule has 0 aliphatic heterocycles. The minimum Gasteiger partial charge on any atom is -0.497 e. The lowest BCUT2D eigenvalue weighted by Crippen LogP contribution is -1.95. The third-order valence-corrected chi connectivity index (χ3v) is 2.97. The lowest BCUT2D eigenvalue weighted by atomic mass is 9.96. The van der Waals surface area contributed by atoms with Crippen molar-refractivity contribution in [2.75, 3.05) is 7.11 Å². The number of carbonyl (C=O) groups is 1. The fourth-order valence-corrected chi connectivity index (χ4v) is 1.98. The van der Waals surface area contributed by atoms with Crippen LogP contribution in [0, 0.1) is 11.3 Å². The van der Waals surface area contributed by atoms with E-state index in [0.717, 1.165) is 11.6 Å². The van der Waals surface area contributed by atoms with Gasteiger partial charge in [0.05, 0.1) is 18.7 Å². The monoisotopic (exact) mass is 279 g/mol. The van der Waals surface area contributed by atoms with Crippen LogP contribution in [0.1, 0.15) is 16.7 Å². The number of nitrogens with zero attached hydrogens (tertiary/aromatic N) is 1. The average Bonchev–Trinajstić information content (AvgIpc) is 2.52. The van der Waals surface area contributed by atoms with Gasteiger partial charge >= 0.3 is 5.97 Å². The van der Waals surface area contributed by atoms with Crippen molar-refractivity contribution in [3.05, 3.63) is 71.3 Å². The van der Waals surface area contributed by atoms with E-state index in [1.807, 2.05) is 0 Å². The molecule has 0 amide bonds. The van der Waals surface area contributed by atoms with E-state index in [1.165, 1.54) is 0 Å². The van der Waals surface area contributed by atoms with Gasteiger partial charge in [-0.15, -0.1) is 0 Å². The van der Waals surface area contributed by atoms with Crippen LogP contribution in [0.15, 0.2) is 54.6 Å². The second-order valence-electron chi connectivity index (χ2n) is 4.32. The summed E-state index contributed by atoms with van der Waals surface area (Å²) in [6, 6.07) is 16.0. The maximum atomic E-state index is 11.1. The van der Waals surface area contributed by atoms with Gasteiger partial charge in [0.2, 0.25) is 0 Å². The maximum absolute atomic E-state index is 11.1. The molecule has 0 fully saturated rings. The summed E-state index contributed by atoms with van der Waals surface area (Å²) in [7, 11) is 1.57. The van der Waals surface area contributed by atoms with Crippen LogP contribution < -0.4 is 4.74 Å². The zero-order valence-electron chi connectivity index (χ0n) is 11.4. The summed E-state index contributed by atoms with van der Waals surface area (Å²) in [6.07, 6.45) is 1.14. The Balaban J connectivity index is 2.52. The Morgan fingerprint density at radius 2 is 1.90 bits per heavy atom. The van der Waals surface area contributed by atoms with Gasteiger partial charge in [0.15, 0.2) is 0 Å². The Labute approximate surface area is 122 Å². The zero-order valence-corrected chi connectivity index (χ0v) is 11.4. The number of benzene rings is 2. The standard InChI is InChI=1S/C17H13NO3/c1-21-15-7-5-13(6-8-15)16(10-17(19)20)14-4-2-3-12(9-14)11-18/h2-10H,1H3,(H,19,20)/b16-10+. The second kappa shape index (κ2) is 6.40. The summed E-state index contributed by atoms with van der Waals surface area (Å²) in [4.78, 5) is 11.1. The van der Waals surface area contributed by atoms with Crippen LogP contribution in [0.4, 0.5) is 0 Å². The highest BCUT2D eigenvalue weighted by atomic mass is 16.5. The summed E-state index contributed by atoms with van der Waals surface area (Å²) in [5.74, 6) is -0.345. The number of nitriles is 1. The average molecular weight is 279 g/mol. The largest absolute Gasteiger partial charge is 0.497 e. The zero-order chi connectivity index (χ0) is 15.2. The van der Waals surface area contributed by atoms with Gasteiger partial charge in [-0.25, -0.2) is 4.79 Å². The highest BCUT2D eigenvalue weighted by Crippen LogP contribution is 2.25. The number of aliphatic carboxylic acids is 1. The number of rotatable bonds is 4. The summed E-state index contributed by atoms with van der Waals surface area (Å²) < 4.78 is 5.09. The summed E-state index contributed by atoms with van der Waals surface area (Å²) in [5, 5.41) is 18.0. The van der Waals surface area contributed by atoms with E-state index in [-0.39, 0.29) is 0 Å². The molecule has 0 bridgehead atoms. The second-order valence-corrected chi connectivity index (χ2v) is 4.32. The molecule has 0 aromatic heterocycles. The third-order valence-electron chi connectivity index (χ3n) is 2.97. The normalized spacial score (nSPS) is 10.8. The van der Waals surface area contributed by atoms with Gasteiger partial charge in [-0.3, -0.25) is 0 Å². The first-order valence-corrected chi connectivity index (χ1v) is 6.23. The Hall–Kier alpha value is -3.06. The van der Waals surface area contributed by atoms with E-state index >= 15 is 0 Å². The van der Waals surface area contributed by atoms with Crippen molar-refractivity contribution in [1.82, 2.24) is 0 Å². The molecule has 0 heterocycles. The number of carboxylic acid groups (broad SMARTS) is 1. The number of ether oxygens (including phenoxy) is 1. The molecule has 0 radical (unpaired) electrons. The van der Waals surface area contributed by atoms with Gasteiger partial charge in [-0.2, -0.15) is 5.26 Å². The van der Waals surface area contributed by atoms with Crippen molar-refractivity contribution in [1.29, 1.82) is 5.26 Å². The Kier molecular flexibility index (Phi) is 4.37. The molecule has 104 valence electrons. The Morgan fingerprint density at radius 3 is 2.48 bits per heavy atom. The molecule has 0 saturated heterocycles. The van der Waals surface area contributed by atoms with Crippen LogP contribution in [0.5, 0.6) is 5.75 Å². The van der Waals surface area contributed by atoms with Gasteiger partial charge < -0.3 is 9.84 Å². The first-order valence-electron chi connectivity index (χ1n) is 6.23. The molecule has 2 aromatic carbocycles. The van der Waals surface area contributed by atoms with Gasteiger partial charge in [-0.05, 0) is 41.0 Å². The first kappa shape index (κ1) is 14.4. The molecular weight excluding hydrogens is 266 g/mol. The van der Waals surface area contributed by atoms with Crippen LogP contribution in [0.2, 0.25) is 0 Å². The number of hydrogen-bond acceptors (Lipinski definition) is 3. The molecular formula is C17H13NO3. The quantitative estimate of drug-likeness (QED) is 0.873.